The van der Waals surface area contributed by atoms with Crippen molar-refractivity contribution < 1.29 is 0 Å². The van der Waals surface area contributed by atoms with Gasteiger partial charge in [-0.25, -0.2) is 0 Å². The highest BCUT2D eigenvalue weighted by atomic mass is 32.1. The van der Waals surface area contributed by atoms with Crippen LogP contribution in [0.25, 0.3) is 85.9 Å². The third-order valence-electron chi connectivity index (χ3n) is 11.3. The van der Waals surface area contributed by atoms with Crippen LogP contribution in [0.5, 0.6) is 0 Å². The first-order valence-corrected chi connectivity index (χ1v) is 20.0. The molecule has 0 atom stereocenters. The zero-order valence-corrected chi connectivity index (χ0v) is 31.4. The normalized spacial score (nSPS) is 11.6. The van der Waals surface area contributed by atoms with Crippen molar-refractivity contribution in [3.63, 3.8) is 0 Å². The van der Waals surface area contributed by atoms with Gasteiger partial charge in [-0.05, 0) is 103 Å². The molecule has 0 radical (unpaired) electrons. The minimum atomic E-state index is 1.11. The molecule has 56 heavy (non-hydrogen) atoms. The third kappa shape index (κ3) is 5.38. The van der Waals surface area contributed by atoms with Gasteiger partial charge in [0.05, 0.1) is 0 Å². The molecular formula is C54H35NS. The molecule has 11 aromatic rings. The minimum absolute atomic E-state index is 1.11. The zero-order valence-electron chi connectivity index (χ0n) is 30.6. The van der Waals surface area contributed by atoms with Crippen LogP contribution in [0.15, 0.2) is 212 Å². The van der Waals surface area contributed by atoms with E-state index in [2.05, 4.69) is 217 Å². The lowest BCUT2D eigenvalue weighted by molar-refractivity contribution is 1.29. The van der Waals surface area contributed by atoms with Crippen molar-refractivity contribution in [2.75, 3.05) is 4.90 Å². The maximum absolute atomic E-state index is 2.39. The second-order valence-electron chi connectivity index (χ2n) is 14.4. The summed E-state index contributed by atoms with van der Waals surface area (Å²) in [5.41, 5.74) is 10.7. The van der Waals surface area contributed by atoms with E-state index >= 15 is 0 Å². The number of fused-ring (bicyclic) bond motifs is 9. The summed E-state index contributed by atoms with van der Waals surface area (Å²) in [5, 5.41) is 10.3. The maximum atomic E-state index is 2.39. The SMILES string of the molecule is c1ccc(-c2ccc(N(c3ccc(-c4ccccc4-c4cccc5c4sc4ccccc45)cc3)c3ccc4c5ccccc5c5ccccc5c4c3)cc2)cc1. The van der Waals surface area contributed by atoms with E-state index in [0.29, 0.717) is 0 Å². The number of hydrogen-bond acceptors (Lipinski definition) is 2. The molecule has 1 aromatic heterocycles. The van der Waals surface area contributed by atoms with E-state index in [1.54, 1.807) is 0 Å². The van der Waals surface area contributed by atoms with Crippen molar-refractivity contribution in [2.24, 2.45) is 0 Å². The van der Waals surface area contributed by atoms with Gasteiger partial charge in [0.2, 0.25) is 0 Å². The lowest BCUT2D eigenvalue weighted by atomic mass is 9.93. The summed E-state index contributed by atoms with van der Waals surface area (Å²) in [6, 6.07) is 77.6. The number of thiophene rings is 1. The van der Waals surface area contributed by atoms with Gasteiger partial charge in [-0.1, -0.05) is 170 Å². The summed E-state index contributed by atoms with van der Waals surface area (Å²) >= 11 is 1.88. The highest BCUT2D eigenvalue weighted by Gasteiger charge is 2.18. The molecule has 0 fully saturated rings. The van der Waals surface area contributed by atoms with Crippen LogP contribution in [0, 0.1) is 0 Å². The van der Waals surface area contributed by atoms with Crippen LogP contribution in [-0.2, 0) is 0 Å². The van der Waals surface area contributed by atoms with Crippen molar-refractivity contribution in [3.8, 4) is 33.4 Å². The van der Waals surface area contributed by atoms with Gasteiger partial charge in [0.25, 0.3) is 0 Å². The molecule has 0 amide bonds. The molecule has 0 saturated heterocycles. The van der Waals surface area contributed by atoms with Gasteiger partial charge in [-0.2, -0.15) is 0 Å². The van der Waals surface area contributed by atoms with Crippen molar-refractivity contribution in [2.45, 2.75) is 0 Å². The first-order chi connectivity index (χ1) is 27.8. The Hall–Kier alpha value is -7.00. The molecule has 1 heterocycles. The van der Waals surface area contributed by atoms with Crippen LogP contribution in [0.4, 0.5) is 17.1 Å². The van der Waals surface area contributed by atoms with E-state index in [0.717, 1.165) is 17.1 Å². The van der Waals surface area contributed by atoms with Crippen molar-refractivity contribution >= 4 is 80.9 Å². The van der Waals surface area contributed by atoms with Crippen molar-refractivity contribution in [3.05, 3.63) is 212 Å². The third-order valence-corrected chi connectivity index (χ3v) is 12.5. The molecule has 0 bridgehead atoms. The van der Waals surface area contributed by atoms with Gasteiger partial charge in [0, 0.05) is 42.8 Å². The Bertz CT molecular complexity index is 3200. The number of anilines is 3. The van der Waals surface area contributed by atoms with E-state index in [1.165, 1.54) is 85.9 Å². The monoisotopic (exact) mass is 729 g/mol. The van der Waals surface area contributed by atoms with E-state index < -0.39 is 0 Å². The zero-order chi connectivity index (χ0) is 37.0. The second kappa shape index (κ2) is 13.4. The highest BCUT2D eigenvalue weighted by molar-refractivity contribution is 7.26. The second-order valence-corrected chi connectivity index (χ2v) is 15.5. The number of rotatable bonds is 6. The molecule has 0 N–H and O–H groups in total. The molecule has 11 rings (SSSR count). The van der Waals surface area contributed by atoms with Crippen molar-refractivity contribution in [1.29, 1.82) is 0 Å². The quantitative estimate of drug-likeness (QED) is 0.154. The lowest BCUT2D eigenvalue weighted by Crippen LogP contribution is -2.10. The molecule has 10 aromatic carbocycles. The standard InChI is InChI=1S/C54H35NS/c1-2-13-36(14-3-1)37-25-29-39(30-26-37)55(41-33-34-48-46-19-7-6-17-44(46)45-18-8-9-20-47(45)52(48)35-41)40-31-27-38(28-32-40)42-15-4-5-16-43(42)50-22-12-23-51-49-21-10-11-24-53(49)56-54(50)51/h1-35H. The Morgan fingerprint density at radius 3 is 1.41 bits per heavy atom. The van der Waals surface area contributed by atoms with Crippen LogP contribution >= 0.6 is 11.3 Å². The fraction of sp³-hybridized carbons (Fsp3) is 0. The minimum Gasteiger partial charge on any atom is -0.310 e. The largest absolute Gasteiger partial charge is 0.310 e. The summed E-state index contributed by atoms with van der Waals surface area (Å²) in [6.07, 6.45) is 0. The predicted molar refractivity (Wildman–Crippen MR) is 243 cm³/mol. The van der Waals surface area contributed by atoms with Crippen LogP contribution < -0.4 is 4.90 Å². The Morgan fingerprint density at radius 2 is 0.732 bits per heavy atom. The van der Waals surface area contributed by atoms with Gasteiger partial charge in [-0.3, -0.25) is 0 Å². The van der Waals surface area contributed by atoms with Crippen LogP contribution in [0.1, 0.15) is 0 Å². The summed E-state index contributed by atoms with van der Waals surface area (Å²) in [6.45, 7) is 0. The van der Waals surface area contributed by atoms with Crippen LogP contribution in [0.3, 0.4) is 0 Å². The van der Waals surface area contributed by atoms with E-state index in [9.17, 15) is 0 Å². The topological polar surface area (TPSA) is 3.24 Å². The van der Waals surface area contributed by atoms with Gasteiger partial charge in [0.1, 0.15) is 0 Å². The van der Waals surface area contributed by atoms with Gasteiger partial charge in [-0.15, -0.1) is 11.3 Å². The van der Waals surface area contributed by atoms with Gasteiger partial charge in [0.15, 0.2) is 0 Å². The Labute approximate surface area is 330 Å². The molecule has 0 aliphatic carbocycles. The molecule has 0 aliphatic heterocycles. The lowest BCUT2D eigenvalue weighted by Gasteiger charge is -2.27. The van der Waals surface area contributed by atoms with E-state index in [-0.39, 0.29) is 0 Å². The molecule has 262 valence electrons. The number of nitrogens with zero attached hydrogens (tertiary/aromatic N) is 1. The number of hydrogen-bond donors (Lipinski definition) is 0. The van der Waals surface area contributed by atoms with Gasteiger partial charge < -0.3 is 4.90 Å². The van der Waals surface area contributed by atoms with Crippen LogP contribution in [-0.4, -0.2) is 0 Å². The maximum Gasteiger partial charge on any atom is 0.0468 e. The van der Waals surface area contributed by atoms with E-state index in [1.807, 2.05) is 11.3 Å². The average Bonchev–Trinajstić information content (AvgIpc) is 3.67. The number of benzene rings is 10. The smallest absolute Gasteiger partial charge is 0.0468 e. The molecule has 0 spiro atoms. The summed E-state index contributed by atoms with van der Waals surface area (Å²) in [5.74, 6) is 0. The summed E-state index contributed by atoms with van der Waals surface area (Å²) < 4.78 is 2.66. The molecule has 0 aliphatic rings. The average molecular weight is 730 g/mol. The Morgan fingerprint density at radius 1 is 0.268 bits per heavy atom. The molecule has 0 unspecified atom stereocenters. The molecule has 2 heteroatoms. The van der Waals surface area contributed by atoms with E-state index in [4.69, 9.17) is 0 Å². The molecule has 0 saturated carbocycles. The summed E-state index contributed by atoms with van der Waals surface area (Å²) in [4.78, 5) is 2.39. The van der Waals surface area contributed by atoms with Gasteiger partial charge >= 0.3 is 0 Å². The highest BCUT2D eigenvalue weighted by Crippen LogP contribution is 2.45. The fourth-order valence-corrected chi connectivity index (χ4v) is 9.86. The van der Waals surface area contributed by atoms with Crippen molar-refractivity contribution in [1.82, 2.24) is 0 Å². The first kappa shape index (κ1) is 32.4. The molecular weight excluding hydrogens is 695 g/mol. The molecule has 1 nitrogen and oxygen atoms in total. The summed E-state index contributed by atoms with van der Waals surface area (Å²) in [7, 11) is 0. The Balaban J connectivity index is 1.06. The van der Waals surface area contributed by atoms with Crippen LogP contribution in [0.2, 0.25) is 0 Å². The Kier molecular flexibility index (Phi) is 7.75. The first-order valence-electron chi connectivity index (χ1n) is 19.2. The predicted octanol–water partition coefficient (Wildman–Crippen LogP) is 16.0. The fourth-order valence-electron chi connectivity index (χ4n) is 8.63.